The maximum absolute atomic E-state index is 5.76. The molecule has 0 bridgehead atoms. The summed E-state index contributed by atoms with van der Waals surface area (Å²) in [7, 11) is 3.48. The van der Waals surface area contributed by atoms with Crippen LogP contribution in [0.25, 0.3) is 0 Å². The number of aliphatic imine (C=N–C) groups is 1. The monoisotopic (exact) mass is 384 g/mol. The number of hydrogen-bond acceptors (Lipinski definition) is 6. The van der Waals surface area contributed by atoms with Gasteiger partial charge in [0.2, 0.25) is 5.95 Å². The zero-order valence-electron chi connectivity index (χ0n) is 16.5. The molecule has 0 unspecified atom stereocenters. The van der Waals surface area contributed by atoms with Crippen LogP contribution in [0.5, 0.6) is 11.5 Å². The SMILES string of the molecule is CN=C(NCCCOc1ccc(OC)cc1)N1CCN(c2ncccn2)CC1. The van der Waals surface area contributed by atoms with E-state index in [0.29, 0.717) is 6.61 Å². The average molecular weight is 384 g/mol. The lowest BCUT2D eigenvalue weighted by Gasteiger charge is -2.36. The van der Waals surface area contributed by atoms with Crippen LogP contribution in [0.1, 0.15) is 6.42 Å². The molecule has 1 aromatic heterocycles. The van der Waals surface area contributed by atoms with Crippen LogP contribution in [0.15, 0.2) is 47.7 Å². The van der Waals surface area contributed by atoms with E-state index in [-0.39, 0.29) is 0 Å². The minimum atomic E-state index is 0.648. The first-order valence-electron chi connectivity index (χ1n) is 9.54. The van der Waals surface area contributed by atoms with Crippen LogP contribution in [0.2, 0.25) is 0 Å². The summed E-state index contributed by atoms with van der Waals surface area (Å²) < 4.78 is 10.9. The van der Waals surface area contributed by atoms with Crippen molar-refractivity contribution in [3.05, 3.63) is 42.7 Å². The number of rotatable bonds is 7. The molecule has 0 aliphatic carbocycles. The fraction of sp³-hybridized carbons (Fsp3) is 0.450. The number of guanidine groups is 1. The van der Waals surface area contributed by atoms with Gasteiger partial charge in [-0.2, -0.15) is 0 Å². The summed E-state index contributed by atoms with van der Waals surface area (Å²) in [6.45, 7) is 5.00. The summed E-state index contributed by atoms with van der Waals surface area (Å²) >= 11 is 0. The molecule has 1 fully saturated rings. The van der Waals surface area contributed by atoms with E-state index in [1.807, 2.05) is 37.4 Å². The summed E-state index contributed by atoms with van der Waals surface area (Å²) in [5.41, 5.74) is 0. The van der Waals surface area contributed by atoms with Crippen molar-refractivity contribution in [2.45, 2.75) is 6.42 Å². The maximum Gasteiger partial charge on any atom is 0.225 e. The lowest BCUT2D eigenvalue weighted by molar-refractivity contribution is 0.308. The van der Waals surface area contributed by atoms with E-state index in [0.717, 1.165) is 62.6 Å². The van der Waals surface area contributed by atoms with Gasteiger partial charge in [0.15, 0.2) is 5.96 Å². The van der Waals surface area contributed by atoms with E-state index in [1.54, 1.807) is 19.5 Å². The van der Waals surface area contributed by atoms with E-state index < -0.39 is 0 Å². The molecule has 2 heterocycles. The number of benzene rings is 1. The first-order valence-corrected chi connectivity index (χ1v) is 9.54. The summed E-state index contributed by atoms with van der Waals surface area (Å²) in [6, 6.07) is 9.47. The number of methoxy groups -OCH3 is 1. The molecule has 0 atom stereocenters. The normalized spacial score (nSPS) is 14.7. The van der Waals surface area contributed by atoms with Gasteiger partial charge in [-0.3, -0.25) is 4.99 Å². The van der Waals surface area contributed by atoms with Crippen molar-refractivity contribution in [1.29, 1.82) is 0 Å². The predicted molar refractivity (Wildman–Crippen MR) is 110 cm³/mol. The number of hydrogen-bond donors (Lipinski definition) is 1. The topological polar surface area (TPSA) is 75.1 Å². The molecule has 28 heavy (non-hydrogen) atoms. The van der Waals surface area contributed by atoms with Crippen molar-refractivity contribution in [3.8, 4) is 11.5 Å². The minimum Gasteiger partial charge on any atom is -0.497 e. The summed E-state index contributed by atoms with van der Waals surface area (Å²) in [6.07, 6.45) is 4.45. The molecule has 8 nitrogen and oxygen atoms in total. The first-order chi connectivity index (χ1) is 13.8. The highest BCUT2D eigenvalue weighted by Gasteiger charge is 2.20. The van der Waals surface area contributed by atoms with Crippen LogP contribution in [-0.4, -0.2) is 74.3 Å². The van der Waals surface area contributed by atoms with Gasteiger partial charge in [-0.25, -0.2) is 9.97 Å². The smallest absolute Gasteiger partial charge is 0.225 e. The molecule has 1 aromatic carbocycles. The number of aromatic nitrogens is 2. The van der Waals surface area contributed by atoms with E-state index in [9.17, 15) is 0 Å². The second-order valence-corrected chi connectivity index (χ2v) is 6.37. The van der Waals surface area contributed by atoms with Crippen LogP contribution in [0, 0.1) is 0 Å². The number of nitrogens with one attached hydrogen (secondary N) is 1. The fourth-order valence-corrected chi connectivity index (χ4v) is 3.04. The van der Waals surface area contributed by atoms with Gasteiger partial charge in [0.1, 0.15) is 11.5 Å². The molecule has 150 valence electrons. The van der Waals surface area contributed by atoms with E-state index in [4.69, 9.17) is 9.47 Å². The van der Waals surface area contributed by atoms with Crippen LogP contribution in [0.3, 0.4) is 0 Å². The Hall–Kier alpha value is -3.03. The number of ether oxygens (including phenoxy) is 2. The van der Waals surface area contributed by atoms with E-state index >= 15 is 0 Å². The Balaban J connectivity index is 1.35. The standard InChI is InChI=1S/C20H28N6O2/c1-21-19(22-11-4-16-28-18-7-5-17(27-2)6-8-18)25-12-14-26(15-13-25)20-23-9-3-10-24-20/h3,5-10H,4,11-16H2,1-2H3,(H,21,22). The Labute approximate surface area is 166 Å². The van der Waals surface area contributed by atoms with E-state index in [1.165, 1.54) is 0 Å². The zero-order valence-corrected chi connectivity index (χ0v) is 16.5. The molecule has 8 heteroatoms. The van der Waals surface area contributed by atoms with Gasteiger partial charge >= 0.3 is 0 Å². The van der Waals surface area contributed by atoms with Gasteiger partial charge < -0.3 is 24.6 Å². The van der Waals surface area contributed by atoms with Gasteiger partial charge in [-0.05, 0) is 36.8 Å². The molecule has 0 saturated carbocycles. The molecule has 0 radical (unpaired) electrons. The van der Waals surface area contributed by atoms with E-state index in [2.05, 4.69) is 30.1 Å². The van der Waals surface area contributed by atoms with Gasteiger partial charge in [-0.1, -0.05) is 0 Å². The van der Waals surface area contributed by atoms with Crippen molar-refractivity contribution in [2.24, 2.45) is 4.99 Å². The van der Waals surface area contributed by atoms with Gasteiger partial charge in [0.05, 0.1) is 13.7 Å². The molecule has 3 rings (SSSR count). The van der Waals surface area contributed by atoms with Crippen molar-refractivity contribution in [2.75, 3.05) is 58.4 Å². The Kier molecular flexibility index (Phi) is 7.29. The van der Waals surface area contributed by atoms with Crippen LogP contribution in [0.4, 0.5) is 5.95 Å². The molecule has 1 N–H and O–H groups in total. The summed E-state index contributed by atoms with van der Waals surface area (Å²) in [4.78, 5) is 17.5. The molecule has 1 aliphatic heterocycles. The highest BCUT2D eigenvalue weighted by molar-refractivity contribution is 5.80. The molecule has 1 aliphatic rings. The van der Waals surface area contributed by atoms with Crippen molar-refractivity contribution in [3.63, 3.8) is 0 Å². The first kappa shape index (κ1) is 19.7. The van der Waals surface area contributed by atoms with Gasteiger partial charge in [0.25, 0.3) is 0 Å². The number of nitrogens with zero attached hydrogens (tertiary/aromatic N) is 5. The molecule has 0 amide bonds. The van der Waals surface area contributed by atoms with Crippen molar-refractivity contribution in [1.82, 2.24) is 20.2 Å². The largest absolute Gasteiger partial charge is 0.497 e. The zero-order chi connectivity index (χ0) is 19.6. The number of anilines is 1. The third-order valence-electron chi connectivity index (χ3n) is 4.56. The highest BCUT2D eigenvalue weighted by atomic mass is 16.5. The summed E-state index contributed by atoms with van der Waals surface area (Å²) in [5.74, 6) is 3.40. The molecule has 1 saturated heterocycles. The van der Waals surface area contributed by atoms with Crippen LogP contribution in [-0.2, 0) is 0 Å². The lowest BCUT2D eigenvalue weighted by atomic mass is 10.3. The lowest BCUT2D eigenvalue weighted by Crippen LogP contribution is -2.53. The van der Waals surface area contributed by atoms with Gasteiger partial charge in [-0.15, -0.1) is 0 Å². The Morgan fingerprint density at radius 3 is 2.39 bits per heavy atom. The van der Waals surface area contributed by atoms with Crippen molar-refractivity contribution < 1.29 is 9.47 Å². The highest BCUT2D eigenvalue weighted by Crippen LogP contribution is 2.17. The Morgan fingerprint density at radius 1 is 1.07 bits per heavy atom. The summed E-state index contributed by atoms with van der Waals surface area (Å²) in [5, 5.41) is 3.42. The quantitative estimate of drug-likeness (QED) is 0.442. The third-order valence-corrected chi connectivity index (χ3v) is 4.56. The number of piperazine rings is 1. The van der Waals surface area contributed by atoms with Crippen LogP contribution < -0.4 is 19.7 Å². The van der Waals surface area contributed by atoms with Crippen LogP contribution >= 0.6 is 0 Å². The Morgan fingerprint density at radius 2 is 1.75 bits per heavy atom. The molecule has 0 spiro atoms. The third kappa shape index (κ3) is 5.48. The Bertz CT molecular complexity index is 730. The molecular weight excluding hydrogens is 356 g/mol. The average Bonchev–Trinajstić information content (AvgIpc) is 2.77. The second-order valence-electron chi connectivity index (χ2n) is 6.37. The second kappa shape index (κ2) is 10.3. The van der Waals surface area contributed by atoms with Gasteiger partial charge in [0, 0.05) is 52.2 Å². The predicted octanol–water partition coefficient (Wildman–Crippen LogP) is 1.65. The molecule has 2 aromatic rings. The maximum atomic E-state index is 5.76. The molecular formula is C20H28N6O2. The minimum absolute atomic E-state index is 0.648. The fourth-order valence-electron chi connectivity index (χ4n) is 3.04. The van der Waals surface area contributed by atoms with Crippen molar-refractivity contribution >= 4 is 11.9 Å².